The molecule has 0 radical (unpaired) electrons. The highest BCUT2D eigenvalue weighted by molar-refractivity contribution is 7.13. The molecule has 7 N–H and O–H groups in total. The molecule has 4 rings (SSSR count). The number of amides is 2. The Hall–Kier alpha value is -2.69. The second-order valence-corrected chi connectivity index (χ2v) is 8.93. The van der Waals surface area contributed by atoms with E-state index in [9.17, 15) is 9.59 Å². The number of nitrogens with two attached hydrogens (primary N) is 2. The summed E-state index contributed by atoms with van der Waals surface area (Å²) >= 11 is 1.23. The van der Waals surface area contributed by atoms with Gasteiger partial charge in [0.15, 0.2) is 5.13 Å². The lowest BCUT2D eigenvalue weighted by Gasteiger charge is -2.41. The van der Waals surface area contributed by atoms with E-state index in [1.165, 1.54) is 43.7 Å². The number of thiazole rings is 1. The Kier molecular flexibility index (Phi) is 8.43. The van der Waals surface area contributed by atoms with Crippen LogP contribution in [0, 0.1) is 0 Å². The first-order valence-corrected chi connectivity index (χ1v) is 11.9. The number of likely N-dealkylation sites (N-methyl/N-ethyl adjacent to an activating group) is 1. The van der Waals surface area contributed by atoms with Gasteiger partial charge in [-0.25, -0.2) is 4.98 Å². The van der Waals surface area contributed by atoms with Gasteiger partial charge >= 0.3 is 0 Å². The largest absolute Gasteiger partial charge is 0.375 e. The van der Waals surface area contributed by atoms with E-state index in [0.29, 0.717) is 42.4 Å². The van der Waals surface area contributed by atoms with Gasteiger partial charge < -0.3 is 32.3 Å². The van der Waals surface area contributed by atoms with Crippen molar-refractivity contribution in [2.75, 3.05) is 49.2 Å². The van der Waals surface area contributed by atoms with Crippen molar-refractivity contribution in [1.29, 1.82) is 0 Å². The van der Waals surface area contributed by atoms with E-state index in [1.807, 2.05) is 24.3 Å². The third kappa shape index (κ3) is 5.96. The van der Waals surface area contributed by atoms with Gasteiger partial charge in [0, 0.05) is 18.5 Å². The Morgan fingerprint density at radius 3 is 2.34 bits per heavy atom. The topological polar surface area (TPSA) is 138 Å². The number of piperidine rings is 2. The van der Waals surface area contributed by atoms with Crippen molar-refractivity contribution in [3.05, 3.63) is 35.3 Å². The summed E-state index contributed by atoms with van der Waals surface area (Å²) in [6, 6.07) is 7.57. The van der Waals surface area contributed by atoms with Gasteiger partial charge in [-0.1, -0.05) is 18.6 Å². The van der Waals surface area contributed by atoms with Gasteiger partial charge in [0.25, 0.3) is 5.91 Å². The fourth-order valence-electron chi connectivity index (χ4n) is 3.98. The number of hydrogen-bond donors (Lipinski definition) is 5. The molecule has 2 aromatic rings. The molecular weight excluding hydrogens is 426 g/mol. The number of hydrogen-bond acceptors (Lipinski definition) is 8. The summed E-state index contributed by atoms with van der Waals surface area (Å²) in [6.45, 7) is 3.81. The van der Waals surface area contributed by atoms with Gasteiger partial charge in [-0.05, 0) is 58.0 Å². The van der Waals surface area contributed by atoms with Gasteiger partial charge in [-0.2, -0.15) is 0 Å². The van der Waals surface area contributed by atoms with Crippen molar-refractivity contribution >= 4 is 39.7 Å². The molecule has 2 aliphatic rings. The number of nitrogens with zero attached hydrogens (tertiary/aromatic N) is 2. The molecule has 0 atom stereocenters. The molecule has 174 valence electrons. The SMILES string of the molecule is C1CCNCC1.CNC1(C(N)=O)CCN(c2ccccc2NC(=O)c2csc(N)n2)CC1. The first-order valence-electron chi connectivity index (χ1n) is 11.0. The number of benzene rings is 1. The van der Waals surface area contributed by atoms with Gasteiger partial charge in [-0.3, -0.25) is 9.59 Å². The van der Waals surface area contributed by atoms with Crippen molar-refractivity contribution in [2.24, 2.45) is 5.73 Å². The lowest BCUT2D eigenvalue weighted by molar-refractivity contribution is -0.125. The predicted octanol–water partition coefficient (Wildman–Crippen LogP) is 1.78. The number of carbonyl (C=O) groups is 2. The molecule has 32 heavy (non-hydrogen) atoms. The van der Waals surface area contributed by atoms with Crippen LogP contribution < -0.4 is 32.3 Å². The van der Waals surface area contributed by atoms with Crippen LogP contribution in [0.2, 0.25) is 0 Å². The van der Waals surface area contributed by atoms with Crippen LogP contribution in [0.25, 0.3) is 0 Å². The van der Waals surface area contributed by atoms with Crippen LogP contribution in [0.5, 0.6) is 0 Å². The van der Waals surface area contributed by atoms with E-state index in [4.69, 9.17) is 11.5 Å². The number of anilines is 3. The average Bonchev–Trinajstić information content (AvgIpc) is 3.27. The summed E-state index contributed by atoms with van der Waals surface area (Å²) in [5.41, 5.74) is 12.4. The highest BCUT2D eigenvalue weighted by atomic mass is 32.1. The Morgan fingerprint density at radius 2 is 1.84 bits per heavy atom. The maximum Gasteiger partial charge on any atom is 0.275 e. The van der Waals surface area contributed by atoms with E-state index in [-0.39, 0.29) is 11.8 Å². The number of nitrogen functional groups attached to an aromatic ring is 1. The zero-order valence-corrected chi connectivity index (χ0v) is 19.3. The Labute approximate surface area is 192 Å². The molecule has 1 aromatic heterocycles. The van der Waals surface area contributed by atoms with Gasteiger partial charge in [0.2, 0.25) is 5.91 Å². The minimum absolute atomic E-state index is 0.295. The Morgan fingerprint density at radius 1 is 1.16 bits per heavy atom. The van der Waals surface area contributed by atoms with Crippen LogP contribution in [0.15, 0.2) is 29.6 Å². The highest BCUT2D eigenvalue weighted by Gasteiger charge is 2.38. The molecule has 0 bridgehead atoms. The summed E-state index contributed by atoms with van der Waals surface area (Å²) in [4.78, 5) is 30.3. The molecule has 3 heterocycles. The molecule has 2 aliphatic heterocycles. The third-order valence-electron chi connectivity index (χ3n) is 6.02. The minimum Gasteiger partial charge on any atom is -0.375 e. The Balaban J connectivity index is 0.000000416. The van der Waals surface area contributed by atoms with Gasteiger partial charge in [-0.15, -0.1) is 11.3 Å². The normalized spacial score (nSPS) is 17.7. The van der Waals surface area contributed by atoms with Crippen LogP contribution in [0.1, 0.15) is 42.6 Å². The van der Waals surface area contributed by atoms with Crippen LogP contribution in [-0.2, 0) is 4.79 Å². The Bertz CT molecular complexity index is 894. The standard InChI is InChI=1S/C17H22N6O2S.C5H11N/c1-20-17(15(18)25)6-8-23(9-7-17)13-5-3-2-4-11(13)21-14(24)12-10-26-16(19)22-12;1-2-4-6-5-3-1/h2-5,10,20H,6-9H2,1H3,(H2,18,25)(H2,19,22)(H,21,24);6H,1-5H2. The minimum atomic E-state index is -0.674. The van der Waals surface area contributed by atoms with Crippen molar-refractivity contribution in [2.45, 2.75) is 37.6 Å². The lowest BCUT2D eigenvalue weighted by Crippen LogP contribution is -2.59. The fraction of sp³-hybridized carbons (Fsp3) is 0.500. The van der Waals surface area contributed by atoms with E-state index < -0.39 is 5.54 Å². The van der Waals surface area contributed by atoms with E-state index in [1.54, 1.807) is 12.4 Å². The molecule has 2 saturated heterocycles. The summed E-state index contributed by atoms with van der Waals surface area (Å²) in [7, 11) is 1.76. The first kappa shape index (κ1) is 24.0. The van der Waals surface area contributed by atoms with Crippen LogP contribution in [-0.4, -0.2) is 55.6 Å². The quantitative estimate of drug-likeness (QED) is 0.459. The second-order valence-electron chi connectivity index (χ2n) is 8.04. The van der Waals surface area contributed by atoms with Crippen molar-refractivity contribution in [3.63, 3.8) is 0 Å². The molecule has 2 amide bonds. The van der Waals surface area contributed by atoms with Crippen LogP contribution >= 0.6 is 11.3 Å². The summed E-state index contributed by atoms with van der Waals surface area (Å²) in [5.74, 6) is -0.633. The molecular formula is C22H33N7O2S. The van der Waals surface area contributed by atoms with Crippen LogP contribution in [0.4, 0.5) is 16.5 Å². The molecule has 9 nitrogen and oxygen atoms in total. The van der Waals surface area contributed by atoms with Gasteiger partial charge in [0.05, 0.1) is 11.4 Å². The number of rotatable bonds is 5. The molecule has 0 unspecified atom stereocenters. The summed E-state index contributed by atoms with van der Waals surface area (Å²) < 4.78 is 0. The second kappa shape index (κ2) is 11.3. The number of carbonyl (C=O) groups excluding carboxylic acids is 2. The fourth-order valence-corrected chi connectivity index (χ4v) is 4.53. The van der Waals surface area contributed by atoms with Crippen molar-refractivity contribution in [1.82, 2.24) is 15.6 Å². The third-order valence-corrected chi connectivity index (χ3v) is 6.70. The summed E-state index contributed by atoms with van der Waals surface area (Å²) in [5, 5.41) is 11.2. The molecule has 0 saturated carbocycles. The molecule has 10 heteroatoms. The van der Waals surface area contributed by atoms with Crippen LogP contribution in [0.3, 0.4) is 0 Å². The average molecular weight is 460 g/mol. The van der Waals surface area contributed by atoms with E-state index in [0.717, 1.165) is 5.69 Å². The lowest BCUT2D eigenvalue weighted by atomic mass is 9.86. The zero-order chi connectivity index (χ0) is 23.0. The molecule has 1 aromatic carbocycles. The maximum atomic E-state index is 12.4. The smallest absolute Gasteiger partial charge is 0.275 e. The molecule has 0 spiro atoms. The summed E-state index contributed by atoms with van der Waals surface area (Å²) in [6.07, 6.45) is 5.42. The molecule has 0 aliphatic carbocycles. The van der Waals surface area contributed by atoms with E-state index >= 15 is 0 Å². The highest BCUT2D eigenvalue weighted by Crippen LogP contribution is 2.31. The monoisotopic (exact) mass is 459 g/mol. The number of primary amides is 1. The predicted molar refractivity (Wildman–Crippen MR) is 130 cm³/mol. The zero-order valence-electron chi connectivity index (χ0n) is 18.5. The van der Waals surface area contributed by atoms with Crippen molar-refractivity contribution < 1.29 is 9.59 Å². The van der Waals surface area contributed by atoms with E-state index in [2.05, 4.69) is 25.8 Å². The number of para-hydroxylation sites is 2. The maximum absolute atomic E-state index is 12.4. The van der Waals surface area contributed by atoms with Gasteiger partial charge in [0.1, 0.15) is 11.2 Å². The number of aromatic nitrogens is 1. The molecule has 2 fully saturated rings. The van der Waals surface area contributed by atoms with Crippen molar-refractivity contribution in [3.8, 4) is 0 Å². The number of nitrogens with one attached hydrogen (secondary N) is 3. The first-order chi connectivity index (χ1) is 15.4.